The van der Waals surface area contributed by atoms with E-state index in [1.807, 2.05) is 0 Å². The van der Waals surface area contributed by atoms with Gasteiger partial charge in [0.1, 0.15) is 21.2 Å². The molecule has 0 spiro atoms. The van der Waals surface area contributed by atoms with Crippen LogP contribution in [0, 0.1) is 0 Å². The van der Waals surface area contributed by atoms with Gasteiger partial charge in [-0.15, -0.1) is 23.2 Å². The molecule has 0 fully saturated rings. The minimum absolute atomic E-state index is 0. The number of alkyl halides is 2. The Balaban J connectivity index is -0.000000539. The maximum atomic E-state index is 11.2. The second-order valence-corrected chi connectivity index (χ2v) is 15.2. The van der Waals surface area contributed by atoms with Gasteiger partial charge < -0.3 is 47.5 Å². The van der Waals surface area contributed by atoms with E-state index < -0.39 is 40.1 Å². The van der Waals surface area contributed by atoms with E-state index in [4.69, 9.17) is 23.2 Å². The Morgan fingerprint density at radius 1 is 0.543 bits per heavy atom. The molecule has 0 bridgehead atoms. The zero-order chi connectivity index (χ0) is 24.8. The summed E-state index contributed by atoms with van der Waals surface area (Å²) in [6.07, 6.45) is 0. The summed E-state index contributed by atoms with van der Waals surface area (Å²) in [5, 5.41) is 0. The molecule has 0 amide bonds. The van der Waals surface area contributed by atoms with E-state index in [1.165, 1.54) is 48.5 Å². The summed E-state index contributed by atoms with van der Waals surface area (Å²) >= 11 is 10.0. The summed E-state index contributed by atoms with van der Waals surface area (Å²) in [5.41, 5.74) is 0. The molecule has 21 heteroatoms. The van der Waals surface area contributed by atoms with Gasteiger partial charge in [0.2, 0.25) is 15.2 Å². The molecule has 0 aliphatic rings. The summed E-state index contributed by atoms with van der Waals surface area (Å²) < 4.78 is 52.2. The van der Waals surface area contributed by atoms with Gasteiger partial charge in [0, 0.05) is 0 Å². The van der Waals surface area contributed by atoms with E-state index in [0.717, 1.165) is 0 Å². The second kappa shape index (κ2) is 18.5. The van der Waals surface area contributed by atoms with Crippen molar-refractivity contribution in [3.05, 3.63) is 60.7 Å². The number of para-hydroxylation sites is 2. The summed E-state index contributed by atoms with van der Waals surface area (Å²) in [6.45, 7) is 0. The molecule has 0 aliphatic carbocycles. The van der Waals surface area contributed by atoms with Crippen molar-refractivity contribution in [1.29, 1.82) is 0 Å². The maximum absolute atomic E-state index is 11.2. The van der Waals surface area contributed by atoms with Gasteiger partial charge in [0.15, 0.2) is 0 Å². The van der Waals surface area contributed by atoms with Gasteiger partial charge in [-0.05, 0) is 39.5 Å². The molecule has 0 saturated carbocycles. The van der Waals surface area contributed by atoms with Crippen LogP contribution in [-0.2, 0) is 18.3 Å². The third-order valence-corrected chi connectivity index (χ3v) is 12.3. The summed E-state index contributed by atoms with van der Waals surface area (Å²) in [5.74, 6) is -0.222. The molecule has 2 rings (SSSR count). The Morgan fingerprint density at radius 3 is 0.971 bits per heavy atom. The van der Waals surface area contributed by atoms with E-state index in [-0.39, 0.29) is 125 Å². The van der Waals surface area contributed by atoms with Crippen molar-refractivity contribution in [3.8, 4) is 11.5 Å². The summed E-state index contributed by atoms with van der Waals surface area (Å²) in [7, 11) is -20.9. The van der Waals surface area contributed by atoms with Crippen LogP contribution < -0.4 is 38.4 Å². The molecule has 0 radical (unpaired) electrons. The topological polar surface area (TPSA) is 225 Å². The molecular weight excluding hydrogens is 675 g/mol. The SMILES string of the molecule is O=P([O-])([O-])C(Cl)P(=O)([O-])Oc1ccccc1.O=P([O-])([O-])C(Cl)P(=O)([O-])Oc1ccccc1.[Ca+2].[Ca+2].[Ca+2]. The molecule has 0 N–H and O–H groups in total. The third kappa shape index (κ3) is 16.2. The van der Waals surface area contributed by atoms with Crippen molar-refractivity contribution in [1.82, 2.24) is 0 Å². The molecule has 180 valence electrons. The fourth-order valence-electron chi connectivity index (χ4n) is 1.69. The number of halogens is 2. The van der Waals surface area contributed by atoms with E-state index in [1.54, 1.807) is 12.1 Å². The maximum Gasteiger partial charge on any atom is 2.00 e. The zero-order valence-corrected chi connectivity index (χ0v) is 29.2. The second-order valence-electron chi connectivity index (χ2n) is 5.59. The van der Waals surface area contributed by atoms with E-state index >= 15 is 0 Å². The molecule has 0 saturated heterocycles. The average molecular weight is 687 g/mol. The number of benzene rings is 2. The first-order valence-electron chi connectivity index (χ1n) is 7.89. The predicted molar refractivity (Wildman–Crippen MR) is 121 cm³/mol. The van der Waals surface area contributed by atoms with Crippen molar-refractivity contribution in [2.24, 2.45) is 0 Å². The average Bonchev–Trinajstić information content (AvgIpc) is 2.67. The molecule has 0 aromatic heterocycles. The number of hydrogen-bond donors (Lipinski definition) is 0. The Morgan fingerprint density at radius 2 is 0.771 bits per heavy atom. The van der Waals surface area contributed by atoms with Crippen molar-refractivity contribution in [2.45, 2.75) is 9.72 Å². The standard InChI is InChI=1S/2C7H9ClO6P2.3Ca/c2*8-7(15(9,10)11)16(12,13)14-6-4-2-1-3-5-6;;;/h2*1-5,7H,(H,12,13)(H2,9,10,11);;;/q;;3*+2/p-6. The Hall–Kier alpha value is 3.08. The smallest absolute Gasteiger partial charge is 0.809 e. The molecule has 0 heterocycles. The fourth-order valence-corrected chi connectivity index (χ4v) is 5.99. The molecule has 4 unspecified atom stereocenters. The van der Waals surface area contributed by atoms with Gasteiger partial charge in [-0.3, -0.25) is 9.13 Å². The van der Waals surface area contributed by atoms with Crippen LogP contribution in [-0.4, -0.2) is 123 Å². The quantitative estimate of drug-likeness (QED) is 0.185. The Bertz CT molecular complexity index is 987. The number of rotatable bonds is 8. The third-order valence-electron chi connectivity index (χ3n) is 3.00. The first-order valence-corrected chi connectivity index (χ1v) is 15.2. The number of hydrogen-bond acceptors (Lipinski definition) is 12. The van der Waals surface area contributed by atoms with E-state index in [0.29, 0.717) is 0 Å². The fraction of sp³-hybridized carbons (Fsp3) is 0.143. The van der Waals surface area contributed by atoms with Crippen LogP contribution in [0.4, 0.5) is 0 Å². The minimum atomic E-state index is -5.45. The predicted octanol–water partition coefficient (Wildman–Crippen LogP) is -1.03. The van der Waals surface area contributed by atoms with Gasteiger partial charge in [0.05, 0.1) is 0 Å². The molecule has 0 aliphatic heterocycles. The molecule has 35 heavy (non-hydrogen) atoms. The molecule has 4 atom stereocenters. The van der Waals surface area contributed by atoms with Crippen LogP contribution in [0.15, 0.2) is 60.7 Å². The van der Waals surface area contributed by atoms with Gasteiger partial charge in [0.25, 0.3) is 0 Å². The molecule has 2 aromatic rings. The molecule has 12 nitrogen and oxygen atoms in total. The first kappa shape index (κ1) is 42.5. The van der Waals surface area contributed by atoms with Crippen molar-refractivity contribution >= 4 is 167 Å². The van der Waals surface area contributed by atoms with Crippen molar-refractivity contribution < 1.29 is 56.7 Å². The van der Waals surface area contributed by atoms with Crippen LogP contribution in [0.25, 0.3) is 0 Å². The monoisotopic (exact) mass is 686 g/mol. The minimum Gasteiger partial charge on any atom is -0.809 e. The largest absolute Gasteiger partial charge is 2.00 e. The van der Waals surface area contributed by atoms with Crippen LogP contribution >= 0.6 is 53.6 Å². The summed E-state index contributed by atoms with van der Waals surface area (Å²) in [6, 6.07) is 14.3. The molecular formula is C14H12Ca3Cl2O12P4. The normalized spacial score (nSPS) is 16.0. The van der Waals surface area contributed by atoms with Crippen LogP contribution in [0.1, 0.15) is 0 Å². The Kier molecular flexibility index (Phi) is 22.5. The van der Waals surface area contributed by atoms with E-state index in [9.17, 15) is 47.6 Å². The van der Waals surface area contributed by atoms with E-state index in [2.05, 4.69) is 9.05 Å². The van der Waals surface area contributed by atoms with Crippen molar-refractivity contribution in [3.63, 3.8) is 0 Å². The van der Waals surface area contributed by atoms with Gasteiger partial charge in [-0.2, -0.15) is 0 Å². The van der Waals surface area contributed by atoms with Gasteiger partial charge in [-0.1, -0.05) is 36.4 Å². The van der Waals surface area contributed by atoms with Crippen molar-refractivity contribution in [2.75, 3.05) is 0 Å². The van der Waals surface area contributed by atoms with Gasteiger partial charge in [-0.25, -0.2) is 0 Å². The zero-order valence-electron chi connectivity index (χ0n) is 17.5. The summed E-state index contributed by atoms with van der Waals surface area (Å²) in [4.78, 5) is 59.1. The van der Waals surface area contributed by atoms with Crippen LogP contribution in [0.5, 0.6) is 11.5 Å². The first-order chi connectivity index (χ1) is 14.5. The van der Waals surface area contributed by atoms with Crippen LogP contribution in [0.2, 0.25) is 0 Å². The molecule has 2 aromatic carbocycles. The Labute approximate surface area is 300 Å². The van der Waals surface area contributed by atoms with Crippen LogP contribution in [0.3, 0.4) is 0 Å². The van der Waals surface area contributed by atoms with Gasteiger partial charge >= 0.3 is 113 Å².